The van der Waals surface area contributed by atoms with Crippen molar-refractivity contribution >= 4 is 28.3 Å². The van der Waals surface area contributed by atoms with Crippen LogP contribution in [0.15, 0.2) is 24.2 Å². The maximum absolute atomic E-state index is 6.16. The molecule has 19 heavy (non-hydrogen) atoms. The van der Waals surface area contributed by atoms with Crippen LogP contribution in [0.2, 0.25) is 5.15 Å². The molecule has 0 aliphatic rings. The number of halogens is 1. The van der Waals surface area contributed by atoms with E-state index in [4.69, 9.17) is 23.2 Å². The first-order chi connectivity index (χ1) is 8.95. The molecule has 0 saturated carbocycles. The predicted molar refractivity (Wildman–Crippen MR) is 77.3 cm³/mol. The maximum Gasteiger partial charge on any atom is 0.161 e. The fraction of sp³-hybridized carbons (Fsp3) is 0.333. The van der Waals surface area contributed by atoms with Gasteiger partial charge in [-0.1, -0.05) is 25.4 Å². The molecule has 2 heterocycles. The van der Waals surface area contributed by atoms with E-state index in [1.165, 1.54) is 11.2 Å². The number of allylic oxidation sites excluding steroid dienone is 1. The minimum Gasteiger partial charge on any atom is -0.403 e. The number of aryl methyl sites for hydroxylation is 1. The van der Waals surface area contributed by atoms with E-state index in [0.29, 0.717) is 10.8 Å². The predicted octanol–water partition coefficient (Wildman–Crippen LogP) is 1.76. The summed E-state index contributed by atoms with van der Waals surface area (Å²) in [5.41, 5.74) is 7.85. The van der Waals surface area contributed by atoms with E-state index in [-0.39, 0.29) is 5.92 Å². The fourth-order valence-electron chi connectivity index (χ4n) is 1.96. The minimum absolute atomic E-state index is 0.189. The van der Waals surface area contributed by atoms with Crippen molar-refractivity contribution in [1.82, 2.24) is 14.8 Å². The summed E-state index contributed by atoms with van der Waals surface area (Å²) in [4.78, 5) is 4.24. The summed E-state index contributed by atoms with van der Waals surface area (Å²) in [5.74, 6) is 6.35. The van der Waals surface area contributed by atoms with E-state index >= 15 is 0 Å². The van der Waals surface area contributed by atoms with Crippen LogP contribution >= 0.6 is 11.6 Å². The molecule has 0 radical (unpaired) electrons. The Kier molecular flexibility index (Phi) is 3.64. The van der Waals surface area contributed by atoms with Gasteiger partial charge < -0.3 is 5.73 Å². The summed E-state index contributed by atoms with van der Waals surface area (Å²) in [6.45, 7) is 4.03. The molecular formula is C12H17ClN6. The van der Waals surface area contributed by atoms with Gasteiger partial charge in [0.15, 0.2) is 5.65 Å². The SMILES string of the molecule is CC(C)/C(=C/N)N(N)c1cc(Cl)nc2c1cnn2C. The third kappa shape index (κ3) is 2.36. The Bertz CT molecular complexity index is 630. The number of fused-ring (bicyclic) bond motifs is 1. The molecule has 0 aliphatic heterocycles. The third-order valence-corrected chi connectivity index (χ3v) is 3.15. The fourth-order valence-corrected chi connectivity index (χ4v) is 2.14. The Morgan fingerprint density at radius 1 is 1.53 bits per heavy atom. The Morgan fingerprint density at radius 2 is 2.21 bits per heavy atom. The molecular weight excluding hydrogens is 264 g/mol. The first-order valence-corrected chi connectivity index (χ1v) is 6.28. The third-order valence-electron chi connectivity index (χ3n) is 2.95. The molecule has 0 fully saturated rings. The maximum atomic E-state index is 6.16. The molecule has 0 atom stereocenters. The van der Waals surface area contributed by atoms with Crippen LogP contribution in [0.5, 0.6) is 0 Å². The monoisotopic (exact) mass is 280 g/mol. The van der Waals surface area contributed by atoms with Crippen LogP contribution in [-0.2, 0) is 7.05 Å². The van der Waals surface area contributed by atoms with Crippen molar-refractivity contribution in [2.75, 3.05) is 5.01 Å². The van der Waals surface area contributed by atoms with E-state index in [2.05, 4.69) is 10.1 Å². The standard InChI is InChI=1S/C12H17ClN6/c1-7(2)10(5-14)19(15)9-4-11(13)17-12-8(9)6-16-18(12)3/h4-7H,14-15H2,1-3H3/b10-5-. The number of hydrazine groups is 1. The zero-order valence-electron chi connectivity index (χ0n) is 11.1. The van der Waals surface area contributed by atoms with Crippen molar-refractivity contribution in [3.63, 3.8) is 0 Å². The van der Waals surface area contributed by atoms with E-state index in [1.54, 1.807) is 24.0 Å². The number of nitrogens with two attached hydrogens (primary N) is 2. The van der Waals surface area contributed by atoms with E-state index in [0.717, 1.165) is 16.8 Å². The second kappa shape index (κ2) is 5.07. The first kappa shape index (κ1) is 13.6. The molecule has 7 heteroatoms. The van der Waals surface area contributed by atoms with Gasteiger partial charge in [-0.2, -0.15) is 5.10 Å². The second-order valence-corrected chi connectivity index (χ2v) is 4.97. The average molecular weight is 281 g/mol. The van der Waals surface area contributed by atoms with Crippen LogP contribution in [-0.4, -0.2) is 14.8 Å². The van der Waals surface area contributed by atoms with Gasteiger partial charge in [-0.25, -0.2) is 10.8 Å². The normalized spacial score (nSPS) is 12.4. The van der Waals surface area contributed by atoms with Crippen molar-refractivity contribution in [3.05, 3.63) is 29.3 Å². The second-order valence-electron chi connectivity index (χ2n) is 4.59. The molecule has 6 nitrogen and oxygen atoms in total. The van der Waals surface area contributed by atoms with Gasteiger partial charge in [0, 0.05) is 19.3 Å². The Hall–Kier alpha value is -1.79. The number of hydrogen-bond donors (Lipinski definition) is 2. The number of aromatic nitrogens is 3. The van der Waals surface area contributed by atoms with Crippen LogP contribution in [0.4, 0.5) is 5.69 Å². The molecule has 0 bridgehead atoms. The van der Waals surface area contributed by atoms with Gasteiger partial charge in [0.1, 0.15) is 5.15 Å². The summed E-state index contributed by atoms with van der Waals surface area (Å²) in [6.07, 6.45) is 3.21. The lowest BCUT2D eigenvalue weighted by Gasteiger charge is -2.25. The highest BCUT2D eigenvalue weighted by Gasteiger charge is 2.17. The molecule has 0 amide bonds. The number of hydrogen-bond acceptors (Lipinski definition) is 5. The molecule has 0 aromatic carbocycles. The topological polar surface area (TPSA) is 86.0 Å². The molecule has 0 saturated heterocycles. The van der Waals surface area contributed by atoms with Crippen LogP contribution in [0.1, 0.15) is 13.8 Å². The zero-order valence-corrected chi connectivity index (χ0v) is 11.9. The highest BCUT2D eigenvalue weighted by Crippen LogP contribution is 2.30. The van der Waals surface area contributed by atoms with Gasteiger partial charge in [0.05, 0.1) is 23.0 Å². The quantitative estimate of drug-likeness (QED) is 0.508. The number of anilines is 1. The number of nitrogens with zero attached hydrogens (tertiary/aromatic N) is 4. The van der Waals surface area contributed by atoms with Gasteiger partial charge in [0.25, 0.3) is 0 Å². The highest BCUT2D eigenvalue weighted by atomic mass is 35.5. The van der Waals surface area contributed by atoms with Crippen molar-refractivity contribution in [2.24, 2.45) is 24.5 Å². The number of pyridine rings is 1. The molecule has 2 rings (SSSR count). The van der Waals surface area contributed by atoms with Gasteiger partial charge in [-0.15, -0.1) is 0 Å². The highest BCUT2D eigenvalue weighted by molar-refractivity contribution is 6.30. The minimum atomic E-state index is 0.189. The summed E-state index contributed by atoms with van der Waals surface area (Å²) < 4.78 is 1.65. The van der Waals surface area contributed by atoms with Gasteiger partial charge in [0.2, 0.25) is 0 Å². The van der Waals surface area contributed by atoms with E-state index in [1.807, 2.05) is 13.8 Å². The summed E-state index contributed by atoms with van der Waals surface area (Å²) >= 11 is 6.04. The van der Waals surface area contributed by atoms with Crippen LogP contribution in [0, 0.1) is 5.92 Å². The molecule has 0 spiro atoms. The summed E-state index contributed by atoms with van der Waals surface area (Å²) in [6, 6.07) is 1.71. The lowest BCUT2D eigenvalue weighted by atomic mass is 10.1. The van der Waals surface area contributed by atoms with Gasteiger partial charge >= 0.3 is 0 Å². The number of rotatable bonds is 3. The van der Waals surface area contributed by atoms with Crippen molar-refractivity contribution in [2.45, 2.75) is 13.8 Å². The molecule has 0 unspecified atom stereocenters. The smallest absolute Gasteiger partial charge is 0.161 e. The van der Waals surface area contributed by atoms with Gasteiger partial charge in [-0.05, 0) is 5.92 Å². The molecule has 0 aliphatic carbocycles. The van der Waals surface area contributed by atoms with Crippen molar-refractivity contribution in [1.29, 1.82) is 0 Å². The van der Waals surface area contributed by atoms with Crippen LogP contribution < -0.4 is 16.6 Å². The van der Waals surface area contributed by atoms with Crippen molar-refractivity contribution in [3.8, 4) is 0 Å². The molecule has 102 valence electrons. The van der Waals surface area contributed by atoms with Crippen LogP contribution in [0.3, 0.4) is 0 Å². The molecule has 4 N–H and O–H groups in total. The van der Waals surface area contributed by atoms with Gasteiger partial charge in [-0.3, -0.25) is 9.69 Å². The summed E-state index contributed by atoms with van der Waals surface area (Å²) in [7, 11) is 1.80. The lowest BCUT2D eigenvalue weighted by molar-refractivity contribution is 0.715. The van der Waals surface area contributed by atoms with Crippen LogP contribution in [0.25, 0.3) is 11.0 Å². The Morgan fingerprint density at radius 3 is 2.79 bits per heavy atom. The van der Waals surface area contributed by atoms with E-state index < -0.39 is 0 Å². The zero-order chi connectivity index (χ0) is 14.2. The average Bonchev–Trinajstić information content (AvgIpc) is 2.70. The first-order valence-electron chi connectivity index (χ1n) is 5.90. The largest absolute Gasteiger partial charge is 0.403 e. The Balaban J connectivity index is 2.62. The van der Waals surface area contributed by atoms with Crippen molar-refractivity contribution < 1.29 is 0 Å². The summed E-state index contributed by atoms with van der Waals surface area (Å²) in [5, 5.41) is 6.89. The Labute approximate surface area is 116 Å². The molecule has 2 aromatic heterocycles. The molecule has 2 aromatic rings. The van der Waals surface area contributed by atoms with E-state index in [9.17, 15) is 0 Å². The lowest BCUT2D eigenvalue weighted by Crippen LogP contribution is -2.33.